The van der Waals surface area contributed by atoms with Crippen molar-refractivity contribution in [2.75, 3.05) is 12.3 Å². The Bertz CT molecular complexity index is 1350. The normalized spacial score (nSPS) is 14.7. The van der Waals surface area contributed by atoms with E-state index in [4.69, 9.17) is 34.8 Å². The SMILES string of the molecule is O=C(CS(=O)(=O)c1ccc(Cl)cc1)NC/C=C1\CCCc2cnn(Cc3ccc(Cl)cc3Cl)c21. The van der Waals surface area contributed by atoms with E-state index in [9.17, 15) is 13.2 Å². The molecule has 10 heteroatoms. The van der Waals surface area contributed by atoms with Gasteiger partial charge in [-0.25, -0.2) is 8.42 Å². The molecule has 178 valence electrons. The van der Waals surface area contributed by atoms with Gasteiger partial charge in [-0.1, -0.05) is 46.9 Å². The van der Waals surface area contributed by atoms with E-state index in [1.165, 1.54) is 24.3 Å². The van der Waals surface area contributed by atoms with Gasteiger partial charge in [0.15, 0.2) is 9.84 Å². The van der Waals surface area contributed by atoms with Crippen molar-refractivity contribution < 1.29 is 13.2 Å². The first-order valence-corrected chi connectivity index (χ1v) is 13.4. The summed E-state index contributed by atoms with van der Waals surface area (Å²) >= 11 is 18.2. The zero-order valence-corrected chi connectivity index (χ0v) is 21.2. The number of hydrogen-bond donors (Lipinski definition) is 1. The van der Waals surface area contributed by atoms with Gasteiger partial charge in [0, 0.05) is 21.6 Å². The molecule has 0 aliphatic heterocycles. The number of amides is 1. The Kier molecular flexibility index (Phi) is 7.67. The van der Waals surface area contributed by atoms with Crippen LogP contribution in [0.3, 0.4) is 0 Å². The highest BCUT2D eigenvalue weighted by molar-refractivity contribution is 7.92. The Balaban J connectivity index is 1.44. The highest BCUT2D eigenvalue weighted by Crippen LogP contribution is 2.32. The molecule has 0 saturated heterocycles. The summed E-state index contributed by atoms with van der Waals surface area (Å²) in [6.07, 6.45) is 6.53. The van der Waals surface area contributed by atoms with Crippen LogP contribution in [-0.2, 0) is 27.6 Å². The number of aromatic nitrogens is 2. The van der Waals surface area contributed by atoms with Crippen molar-refractivity contribution in [3.63, 3.8) is 0 Å². The topological polar surface area (TPSA) is 81.1 Å². The van der Waals surface area contributed by atoms with Gasteiger partial charge in [-0.15, -0.1) is 0 Å². The molecule has 0 bridgehead atoms. The number of hydrogen-bond acceptors (Lipinski definition) is 4. The van der Waals surface area contributed by atoms with Crippen LogP contribution in [0.4, 0.5) is 0 Å². The lowest BCUT2D eigenvalue weighted by Crippen LogP contribution is -2.30. The minimum atomic E-state index is -3.75. The molecule has 0 saturated carbocycles. The van der Waals surface area contributed by atoms with E-state index < -0.39 is 21.5 Å². The van der Waals surface area contributed by atoms with Gasteiger partial charge in [-0.2, -0.15) is 5.10 Å². The number of allylic oxidation sites excluding steroid dienone is 1. The van der Waals surface area contributed by atoms with Crippen molar-refractivity contribution in [3.8, 4) is 0 Å². The predicted molar refractivity (Wildman–Crippen MR) is 135 cm³/mol. The zero-order valence-electron chi connectivity index (χ0n) is 18.1. The van der Waals surface area contributed by atoms with Gasteiger partial charge in [0.1, 0.15) is 5.75 Å². The smallest absolute Gasteiger partial charge is 0.235 e. The van der Waals surface area contributed by atoms with Crippen LogP contribution >= 0.6 is 34.8 Å². The quantitative estimate of drug-likeness (QED) is 0.448. The third kappa shape index (κ3) is 5.84. The number of nitrogens with zero attached hydrogens (tertiary/aromatic N) is 2. The monoisotopic (exact) mass is 537 g/mol. The molecule has 1 heterocycles. The van der Waals surface area contributed by atoms with Crippen molar-refractivity contribution in [1.29, 1.82) is 0 Å². The van der Waals surface area contributed by atoms with E-state index in [0.717, 1.165) is 41.7 Å². The van der Waals surface area contributed by atoms with Gasteiger partial charge in [-0.3, -0.25) is 9.48 Å². The number of fused-ring (bicyclic) bond motifs is 1. The van der Waals surface area contributed by atoms with Gasteiger partial charge in [-0.05, 0) is 72.4 Å². The van der Waals surface area contributed by atoms with Crippen LogP contribution in [0.25, 0.3) is 5.57 Å². The molecule has 1 aliphatic carbocycles. The Labute approximate surface area is 213 Å². The number of benzene rings is 2. The summed E-state index contributed by atoms with van der Waals surface area (Å²) in [6, 6.07) is 11.1. The number of carbonyl (C=O) groups excluding carboxylic acids is 1. The molecular weight excluding hydrogens is 517 g/mol. The van der Waals surface area contributed by atoms with E-state index >= 15 is 0 Å². The van der Waals surface area contributed by atoms with Gasteiger partial charge < -0.3 is 5.32 Å². The van der Waals surface area contributed by atoms with Crippen molar-refractivity contribution in [2.24, 2.45) is 0 Å². The molecule has 1 aliphatic rings. The van der Waals surface area contributed by atoms with Crippen molar-refractivity contribution in [3.05, 3.63) is 86.6 Å². The standard InChI is InChI=1S/C24H22Cl3N3O3S/c25-19-6-8-21(9-7-19)34(32,33)15-23(31)28-11-10-16-2-1-3-17-13-29-30(24(16)17)14-18-4-5-20(26)12-22(18)27/h4-10,12-13H,1-3,11,14-15H2,(H,28,31)/b16-10+. The van der Waals surface area contributed by atoms with Crippen LogP contribution < -0.4 is 5.32 Å². The van der Waals surface area contributed by atoms with E-state index in [0.29, 0.717) is 21.6 Å². The average Bonchev–Trinajstić information content (AvgIpc) is 3.19. The fourth-order valence-corrected chi connectivity index (χ4v) is 5.69. The largest absolute Gasteiger partial charge is 0.352 e. The average molecular weight is 539 g/mol. The molecule has 34 heavy (non-hydrogen) atoms. The number of sulfone groups is 1. The zero-order chi connectivity index (χ0) is 24.3. The summed E-state index contributed by atoms with van der Waals surface area (Å²) < 4.78 is 26.8. The van der Waals surface area contributed by atoms with Crippen LogP contribution in [0.1, 0.15) is 29.7 Å². The summed E-state index contributed by atoms with van der Waals surface area (Å²) in [5, 5.41) is 8.82. The number of nitrogens with one attached hydrogen (secondary N) is 1. The number of rotatable bonds is 7. The maximum Gasteiger partial charge on any atom is 0.235 e. The first-order valence-electron chi connectivity index (χ1n) is 10.7. The second-order valence-electron chi connectivity index (χ2n) is 8.01. The molecule has 1 aromatic heterocycles. The van der Waals surface area contributed by atoms with E-state index in [2.05, 4.69) is 10.4 Å². The van der Waals surface area contributed by atoms with Gasteiger partial charge >= 0.3 is 0 Å². The lowest BCUT2D eigenvalue weighted by atomic mass is 9.92. The first kappa shape index (κ1) is 24.8. The van der Waals surface area contributed by atoms with Crippen LogP contribution in [0.15, 0.2) is 59.6 Å². The molecule has 0 unspecified atom stereocenters. The Morgan fingerprint density at radius 1 is 1.06 bits per heavy atom. The Morgan fingerprint density at radius 3 is 2.53 bits per heavy atom. The van der Waals surface area contributed by atoms with Gasteiger partial charge in [0.25, 0.3) is 0 Å². The number of halogens is 3. The third-order valence-corrected chi connectivity index (χ3v) is 8.06. The van der Waals surface area contributed by atoms with Crippen LogP contribution in [-0.4, -0.2) is 36.4 Å². The van der Waals surface area contributed by atoms with Crippen LogP contribution in [0.2, 0.25) is 15.1 Å². The predicted octanol–water partition coefficient (Wildman–Crippen LogP) is 5.20. The first-order chi connectivity index (χ1) is 16.2. The lowest BCUT2D eigenvalue weighted by molar-refractivity contribution is -0.118. The van der Waals surface area contributed by atoms with Gasteiger partial charge in [0.2, 0.25) is 5.91 Å². The lowest BCUT2D eigenvalue weighted by Gasteiger charge is -2.18. The molecule has 4 rings (SSSR count). The molecule has 6 nitrogen and oxygen atoms in total. The third-order valence-electron chi connectivity index (χ3n) is 5.59. The summed E-state index contributed by atoms with van der Waals surface area (Å²) in [7, 11) is -3.75. The molecular formula is C24H22Cl3N3O3S. The molecule has 1 N–H and O–H groups in total. The second kappa shape index (κ2) is 10.5. The maximum absolute atomic E-state index is 12.5. The fourth-order valence-electron chi connectivity index (χ4n) is 3.93. The Hall–Kier alpha value is -2.32. The Morgan fingerprint density at radius 2 is 1.79 bits per heavy atom. The fraction of sp³-hybridized carbons (Fsp3) is 0.250. The van der Waals surface area contributed by atoms with E-state index in [1.807, 2.05) is 23.0 Å². The van der Waals surface area contributed by atoms with Crippen molar-refractivity contribution in [2.45, 2.75) is 30.7 Å². The maximum atomic E-state index is 12.5. The van der Waals surface area contributed by atoms with Crippen molar-refractivity contribution >= 4 is 56.1 Å². The van der Waals surface area contributed by atoms with Crippen molar-refractivity contribution in [1.82, 2.24) is 15.1 Å². The molecule has 3 aromatic rings. The minimum absolute atomic E-state index is 0.0621. The van der Waals surface area contributed by atoms with Crippen LogP contribution in [0.5, 0.6) is 0 Å². The minimum Gasteiger partial charge on any atom is -0.352 e. The van der Waals surface area contributed by atoms with E-state index in [1.54, 1.807) is 12.1 Å². The summed E-state index contributed by atoms with van der Waals surface area (Å²) in [5.41, 5.74) is 4.12. The number of carbonyl (C=O) groups is 1. The molecule has 0 fully saturated rings. The summed E-state index contributed by atoms with van der Waals surface area (Å²) in [6.45, 7) is 0.713. The van der Waals surface area contributed by atoms with Gasteiger partial charge in [0.05, 0.1) is 23.3 Å². The summed E-state index contributed by atoms with van der Waals surface area (Å²) in [4.78, 5) is 12.4. The molecule has 0 atom stereocenters. The molecule has 1 amide bonds. The molecule has 0 radical (unpaired) electrons. The number of aryl methyl sites for hydroxylation is 1. The highest BCUT2D eigenvalue weighted by Gasteiger charge is 2.21. The highest BCUT2D eigenvalue weighted by atomic mass is 35.5. The molecule has 0 spiro atoms. The van der Waals surface area contributed by atoms with E-state index in [-0.39, 0.29) is 11.4 Å². The second-order valence-corrected chi connectivity index (χ2v) is 11.3. The molecule has 2 aromatic carbocycles. The van der Waals surface area contributed by atoms with Crippen LogP contribution in [0, 0.1) is 0 Å². The summed E-state index contributed by atoms with van der Waals surface area (Å²) in [5.74, 6) is -1.19.